The fourth-order valence-corrected chi connectivity index (χ4v) is 2.39. The van der Waals surface area contributed by atoms with Crippen LogP contribution in [0.5, 0.6) is 0 Å². The molecule has 1 heteroatoms. The fraction of sp³-hybridized carbons (Fsp3) is 0.700. The Bertz CT molecular complexity index is 235. The molecule has 0 aromatic rings. The second-order valence-electron chi connectivity index (χ2n) is 4.25. The first-order valence-electron chi connectivity index (χ1n) is 4.37. The zero-order valence-corrected chi connectivity index (χ0v) is 7.18. The van der Waals surface area contributed by atoms with Crippen molar-refractivity contribution >= 4 is 5.78 Å². The van der Waals surface area contributed by atoms with Gasteiger partial charge in [-0.25, -0.2) is 0 Å². The van der Waals surface area contributed by atoms with Crippen LogP contribution >= 0.6 is 0 Å². The van der Waals surface area contributed by atoms with Crippen LogP contribution in [0.2, 0.25) is 0 Å². The van der Waals surface area contributed by atoms with Crippen LogP contribution in [0.4, 0.5) is 0 Å². The highest BCUT2D eigenvalue weighted by Crippen LogP contribution is 2.48. The predicted octanol–water partition coefficient (Wildman–Crippen LogP) is 2.32. The van der Waals surface area contributed by atoms with E-state index in [0.29, 0.717) is 11.7 Å². The fourth-order valence-electron chi connectivity index (χ4n) is 2.39. The summed E-state index contributed by atoms with van der Waals surface area (Å²) in [5.74, 6) is 0.923. The number of allylic oxidation sites excluding steroid dienone is 2. The normalized spacial score (nSPS) is 33.8. The van der Waals surface area contributed by atoms with Gasteiger partial charge in [0.05, 0.1) is 0 Å². The molecule has 1 unspecified atom stereocenters. The van der Waals surface area contributed by atoms with E-state index in [0.717, 1.165) is 0 Å². The van der Waals surface area contributed by atoms with Crippen molar-refractivity contribution in [3.8, 4) is 0 Å². The molecule has 1 fully saturated rings. The highest BCUT2D eigenvalue weighted by molar-refractivity contribution is 5.98. The molecular formula is C10H14O. The summed E-state index contributed by atoms with van der Waals surface area (Å²) in [6.45, 7) is 4.16. The Morgan fingerprint density at radius 2 is 2.27 bits per heavy atom. The third kappa shape index (κ3) is 0.800. The summed E-state index contributed by atoms with van der Waals surface area (Å²) < 4.78 is 0. The summed E-state index contributed by atoms with van der Waals surface area (Å²) in [6.07, 6.45) is 5.56. The van der Waals surface area contributed by atoms with Gasteiger partial charge in [0.15, 0.2) is 5.78 Å². The van der Waals surface area contributed by atoms with Crippen LogP contribution in [0.15, 0.2) is 11.6 Å². The maximum absolute atomic E-state index is 11.4. The third-order valence-electron chi connectivity index (χ3n) is 3.23. The van der Waals surface area contributed by atoms with Crippen LogP contribution in [-0.2, 0) is 4.79 Å². The molecule has 0 spiro atoms. The molecule has 0 bridgehead atoms. The van der Waals surface area contributed by atoms with Crippen LogP contribution in [0.3, 0.4) is 0 Å². The highest BCUT2D eigenvalue weighted by Gasteiger charge is 2.44. The van der Waals surface area contributed by atoms with Crippen molar-refractivity contribution in [2.45, 2.75) is 33.1 Å². The van der Waals surface area contributed by atoms with Crippen molar-refractivity contribution in [2.75, 3.05) is 0 Å². The second kappa shape index (κ2) is 1.96. The van der Waals surface area contributed by atoms with Gasteiger partial charge in [-0.05, 0) is 31.3 Å². The van der Waals surface area contributed by atoms with Crippen LogP contribution in [-0.4, -0.2) is 5.78 Å². The Morgan fingerprint density at radius 3 is 2.91 bits per heavy atom. The predicted molar refractivity (Wildman–Crippen MR) is 44.2 cm³/mol. The zero-order valence-electron chi connectivity index (χ0n) is 7.18. The van der Waals surface area contributed by atoms with E-state index in [-0.39, 0.29) is 5.41 Å². The molecule has 0 aromatic heterocycles. The molecule has 1 atom stereocenters. The molecule has 11 heavy (non-hydrogen) atoms. The minimum atomic E-state index is -0.0775. The van der Waals surface area contributed by atoms with Crippen molar-refractivity contribution in [3.05, 3.63) is 11.6 Å². The average Bonchev–Trinajstić information content (AvgIpc) is 2.41. The van der Waals surface area contributed by atoms with Crippen LogP contribution in [0, 0.1) is 11.3 Å². The molecule has 2 rings (SSSR count). The summed E-state index contributed by atoms with van der Waals surface area (Å²) >= 11 is 0. The molecule has 0 aromatic carbocycles. The van der Waals surface area contributed by atoms with Gasteiger partial charge in [-0.2, -0.15) is 0 Å². The Kier molecular flexibility index (Phi) is 1.26. The summed E-state index contributed by atoms with van der Waals surface area (Å²) in [5, 5.41) is 0. The molecule has 2 aliphatic carbocycles. The van der Waals surface area contributed by atoms with E-state index in [9.17, 15) is 4.79 Å². The number of ketones is 1. The average molecular weight is 150 g/mol. The Morgan fingerprint density at radius 1 is 1.55 bits per heavy atom. The summed E-state index contributed by atoms with van der Waals surface area (Å²) in [5.41, 5.74) is 1.34. The molecule has 0 radical (unpaired) electrons. The first-order valence-corrected chi connectivity index (χ1v) is 4.37. The lowest BCUT2D eigenvalue weighted by atomic mass is 9.79. The molecule has 0 heterocycles. The minimum Gasteiger partial charge on any atom is -0.294 e. The first-order chi connectivity index (χ1) is 5.12. The lowest BCUT2D eigenvalue weighted by molar-refractivity contribution is -0.122. The van der Waals surface area contributed by atoms with Gasteiger partial charge in [0.1, 0.15) is 0 Å². The first kappa shape index (κ1) is 7.08. The molecule has 0 N–H and O–H groups in total. The van der Waals surface area contributed by atoms with Crippen LogP contribution in [0.25, 0.3) is 0 Å². The maximum atomic E-state index is 11.4. The van der Waals surface area contributed by atoms with Gasteiger partial charge in [0.25, 0.3) is 0 Å². The van der Waals surface area contributed by atoms with E-state index in [1.807, 2.05) is 6.08 Å². The molecule has 0 aliphatic heterocycles. The monoisotopic (exact) mass is 150 g/mol. The number of carbonyl (C=O) groups is 1. The van der Waals surface area contributed by atoms with Gasteiger partial charge in [-0.1, -0.05) is 19.4 Å². The van der Waals surface area contributed by atoms with E-state index in [1.54, 1.807) is 0 Å². The van der Waals surface area contributed by atoms with E-state index >= 15 is 0 Å². The zero-order chi connectivity index (χ0) is 8.06. The molecule has 1 nitrogen and oxygen atoms in total. The highest BCUT2D eigenvalue weighted by atomic mass is 16.1. The van der Waals surface area contributed by atoms with Crippen molar-refractivity contribution < 1.29 is 4.79 Å². The summed E-state index contributed by atoms with van der Waals surface area (Å²) in [4.78, 5) is 11.4. The Labute approximate surface area is 67.5 Å². The minimum absolute atomic E-state index is 0.0775. The van der Waals surface area contributed by atoms with Gasteiger partial charge in [-0.3, -0.25) is 4.79 Å². The van der Waals surface area contributed by atoms with Crippen LogP contribution in [0.1, 0.15) is 33.1 Å². The van der Waals surface area contributed by atoms with Gasteiger partial charge in [-0.15, -0.1) is 0 Å². The van der Waals surface area contributed by atoms with Crippen molar-refractivity contribution in [2.24, 2.45) is 11.3 Å². The van der Waals surface area contributed by atoms with Gasteiger partial charge < -0.3 is 0 Å². The smallest absolute Gasteiger partial charge is 0.161 e. The number of fused-ring (bicyclic) bond motifs is 1. The molecule has 0 saturated heterocycles. The van der Waals surface area contributed by atoms with E-state index in [4.69, 9.17) is 0 Å². The topological polar surface area (TPSA) is 17.1 Å². The molecule has 1 saturated carbocycles. The van der Waals surface area contributed by atoms with E-state index < -0.39 is 0 Å². The van der Waals surface area contributed by atoms with Crippen molar-refractivity contribution in [3.63, 3.8) is 0 Å². The summed E-state index contributed by atoms with van der Waals surface area (Å²) in [6, 6.07) is 0. The number of rotatable bonds is 0. The quantitative estimate of drug-likeness (QED) is 0.518. The number of carbonyl (C=O) groups excluding carboxylic acids is 1. The third-order valence-corrected chi connectivity index (χ3v) is 3.23. The largest absolute Gasteiger partial charge is 0.294 e. The maximum Gasteiger partial charge on any atom is 0.161 e. The second-order valence-corrected chi connectivity index (χ2v) is 4.25. The molecular weight excluding hydrogens is 136 g/mol. The standard InChI is InChI=1S/C10H14O/c1-10(2)8-5-3-4-7(8)6-9(10)11/h6,8H,3-5H2,1-2H3. The molecule has 2 aliphatic rings. The summed E-state index contributed by atoms with van der Waals surface area (Å²) in [7, 11) is 0. The number of hydrogen-bond donors (Lipinski definition) is 0. The van der Waals surface area contributed by atoms with Gasteiger partial charge in [0.2, 0.25) is 0 Å². The Balaban J connectivity index is 2.38. The lowest BCUT2D eigenvalue weighted by Gasteiger charge is -2.23. The van der Waals surface area contributed by atoms with E-state index in [2.05, 4.69) is 13.8 Å². The SMILES string of the molecule is CC1(C)C(=O)C=C2CCCC21. The molecule has 0 amide bonds. The van der Waals surface area contributed by atoms with Crippen molar-refractivity contribution in [1.29, 1.82) is 0 Å². The van der Waals surface area contributed by atoms with Gasteiger partial charge in [0, 0.05) is 5.41 Å². The Hall–Kier alpha value is -0.590. The lowest BCUT2D eigenvalue weighted by Crippen LogP contribution is -2.25. The number of hydrogen-bond acceptors (Lipinski definition) is 1. The van der Waals surface area contributed by atoms with E-state index in [1.165, 1.54) is 24.8 Å². The van der Waals surface area contributed by atoms with Crippen molar-refractivity contribution in [1.82, 2.24) is 0 Å². The van der Waals surface area contributed by atoms with Gasteiger partial charge >= 0.3 is 0 Å². The van der Waals surface area contributed by atoms with Crippen LogP contribution < -0.4 is 0 Å². The molecule has 60 valence electrons.